The second-order valence-electron chi connectivity index (χ2n) is 4.54. The molecular formula is C16H18BrN. The summed E-state index contributed by atoms with van der Waals surface area (Å²) in [5.41, 5.74) is 8.77. The smallest absolute Gasteiger partial charge is 0.0294 e. The molecule has 2 rings (SSSR count). The maximum Gasteiger partial charge on any atom is 0.0294 e. The van der Waals surface area contributed by atoms with Crippen LogP contribution in [-0.4, -0.2) is 0 Å². The number of benzene rings is 2. The third kappa shape index (κ3) is 3.97. The average Bonchev–Trinajstić information content (AvgIpc) is 2.40. The highest BCUT2D eigenvalue weighted by Crippen LogP contribution is 2.18. The minimum Gasteiger partial charge on any atom is -0.324 e. The van der Waals surface area contributed by atoms with Gasteiger partial charge in [-0.05, 0) is 42.5 Å². The van der Waals surface area contributed by atoms with E-state index in [1.54, 1.807) is 0 Å². The molecule has 0 aromatic heterocycles. The van der Waals surface area contributed by atoms with E-state index in [1.165, 1.54) is 11.1 Å². The van der Waals surface area contributed by atoms with Crippen LogP contribution in [0.5, 0.6) is 0 Å². The Balaban J connectivity index is 1.82. The van der Waals surface area contributed by atoms with Crippen LogP contribution >= 0.6 is 15.9 Å². The highest BCUT2D eigenvalue weighted by molar-refractivity contribution is 9.10. The van der Waals surface area contributed by atoms with E-state index in [1.807, 2.05) is 18.2 Å². The lowest BCUT2D eigenvalue weighted by Gasteiger charge is -2.11. The van der Waals surface area contributed by atoms with Gasteiger partial charge in [-0.3, -0.25) is 0 Å². The molecule has 2 heteroatoms. The highest BCUT2D eigenvalue weighted by Gasteiger charge is 2.04. The minimum absolute atomic E-state index is 0.151. The summed E-state index contributed by atoms with van der Waals surface area (Å²) in [6.07, 6.45) is 3.23. The lowest BCUT2D eigenvalue weighted by atomic mass is 10.00. The molecule has 1 unspecified atom stereocenters. The van der Waals surface area contributed by atoms with Crippen molar-refractivity contribution in [3.8, 4) is 0 Å². The standard InChI is InChI=1S/C16H18BrN/c17-15-10-4-6-13(12-15)7-5-11-16(18)14-8-2-1-3-9-14/h1-4,6,8-10,12,16H,5,7,11,18H2. The second-order valence-corrected chi connectivity index (χ2v) is 5.46. The molecule has 1 atom stereocenters. The van der Waals surface area contributed by atoms with Crippen molar-refractivity contribution < 1.29 is 0 Å². The zero-order valence-corrected chi connectivity index (χ0v) is 11.9. The Morgan fingerprint density at radius 3 is 2.50 bits per heavy atom. The number of nitrogens with two attached hydrogens (primary N) is 1. The van der Waals surface area contributed by atoms with Gasteiger partial charge in [-0.15, -0.1) is 0 Å². The van der Waals surface area contributed by atoms with E-state index in [0.29, 0.717) is 0 Å². The molecule has 0 radical (unpaired) electrons. The van der Waals surface area contributed by atoms with E-state index >= 15 is 0 Å². The van der Waals surface area contributed by atoms with Crippen LogP contribution in [-0.2, 0) is 6.42 Å². The van der Waals surface area contributed by atoms with E-state index in [2.05, 4.69) is 52.3 Å². The van der Waals surface area contributed by atoms with Crippen molar-refractivity contribution >= 4 is 15.9 Å². The molecule has 2 N–H and O–H groups in total. The molecule has 94 valence electrons. The maximum absolute atomic E-state index is 6.18. The highest BCUT2D eigenvalue weighted by atomic mass is 79.9. The fourth-order valence-electron chi connectivity index (χ4n) is 2.09. The number of halogens is 1. The van der Waals surface area contributed by atoms with Gasteiger partial charge in [0.2, 0.25) is 0 Å². The largest absolute Gasteiger partial charge is 0.324 e. The molecule has 0 saturated carbocycles. The van der Waals surface area contributed by atoms with Gasteiger partial charge in [0.1, 0.15) is 0 Å². The van der Waals surface area contributed by atoms with Gasteiger partial charge in [-0.25, -0.2) is 0 Å². The summed E-state index contributed by atoms with van der Waals surface area (Å²) in [6.45, 7) is 0. The number of rotatable bonds is 5. The van der Waals surface area contributed by atoms with Gasteiger partial charge in [0.05, 0.1) is 0 Å². The van der Waals surface area contributed by atoms with E-state index in [4.69, 9.17) is 5.73 Å². The third-order valence-corrected chi connectivity index (χ3v) is 3.59. The predicted octanol–water partition coefficient (Wildman–Crippen LogP) is 4.47. The monoisotopic (exact) mass is 303 g/mol. The molecule has 0 heterocycles. The Bertz CT molecular complexity index is 481. The minimum atomic E-state index is 0.151. The lowest BCUT2D eigenvalue weighted by Crippen LogP contribution is -2.10. The molecule has 2 aromatic rings. The first-order valence-corrected chi connectivity index (χ1v) is 7.10. The fraction of sp³-hybridized carbons (Fsp3) is 0.250. The van der Waals surface area contributed by atoms with Crippen molar-refractivity contribution in [3.05, 3.63) is 70.2 Å². The quantitative estimate of drug-likeness (QED) is 0.866. The van der Waals surface area contributed by atoms with Gasteiger partial charge in [0.25, 0.3) is 0 Å². The van der Waals surface area contributed by atoms with E-state index < -0.39 is 0 Å². The van der Waals surface area contributed by atoms with Crippen molar-refractivity contribution in [1.82, 2.24) is 0 Å². The summed E-state index contributed by atoms with van der Waals surface area (Å²) in [5.74, 6) is 0. The van der Waals surface area contributed by atoms with Gasteiger partial charge >= 0.3 is 0 Å². The number of hydrogen-bond acceptors (Lipinski definition) is 1. The predicted molar refractivity (Wildman–Crippen MR) is 80.5 cm³/mol. The normalized spacial score (nSPS) is 12.3. The van der Waals surface area contributed by atoms with Gasteiger partial charge in [0.15, 0.2) is 0 Å². The summed E-state index contributed by atoms with van der Waals surface area (Å²) >= 11 is 3.49. The molecule has 0 saturated heterocycles. The first-order valence-electron chi connectivity index (χ1n) is 6.30. The molecule has 18 heavy (non-hydrogen) atoms. The molecule has 0 fully saturated rings. The molecule has 2 aromatic carbocycles. The van der Waals surface area contributed by atoms with E-state index in [0.717, 1.165) is 23.7 Å². The van der Waals surface area contributed by atoms with Crippen LogP contribution in [0, 0.1) is 0 Å². The molecule has 0 amide bonds. The summed E-state index contributed by atoms with van der Waals surface area (Å²) in [7, 11) is 0. The summed E-state index contributed by atoms with van der Waals surface area (Å²) in [6, 6.07) is 18.9. The second kappa shape index (κ2) is 6.72. The SMILES string of the molecule is NC(CCCc1cccc(Br)c1)c1ccccc1. The van der Waals surface area contributed by atoms with Crippen LogP contribution in [0.15, 0.2) is 59.1 Å². The van der Waals surface area contributed by atoms with Crippen molar-refractivity contribution in [2.24, 2.45) is 5.73 Å². The zero-order valence-electron chi connectivity index (χ0n) is 10.4. The fourth-order valence-corrected chi connectivity index (χ4v) is 2.53. The molecule has 0 aliphatic rings. The molecule has 1 nitrogen and oxygen atoms in total. The van der Waals surface area contributed by atoms with Crippen molar-refractivity contribution in [2.75, 3.05) is 0 Å². The Kier molecular flexibility index (Phi) is 4.97. The van der Waals surface area contributed by atoms with Crippen LogP contribution in [0.2, 0.25) is 0 Å². The molecular weight excluding hydrogens is 286 g/mol. The summed E-state index contributed by atoms with van der Waals surface area (Å²) in [4.78, 5) is 0. The van der Waals surface area contributed by atoms with Crippen LogP contribution < -0.4 is 5.73 Å². The van der Waals surface area contributed by atoms with E-state index in [-0.39, 0.29) is 6.04 Å². The average molecular weight is 304 g/mol. The molecule has 0 aliphatic carbocycles. The van der Waals surface area contributed by atoms with Gasteiger partial charge in [-0.2, -0.15) is 0 Å². The number of hydrogen-bond donors (Lipinski definition) is 1. The molecule has 0 bridgehead atoms. The summed E-state index contributed by atoms with van der Waals surface area (Å²) < 4.78 is 1.15. The van der Waals surface area contributed by atoms with Crippen LogP contribution in [0.3, 0.4) is 0 Å². The molecule has 0 spiro atoms. The molecule has 0 aliphatic heterocycles. The first-order chi connectivity index (χ1) is 8.75. The number of aryl methyl sites for hydroxylation is 1. The van der Waals surface area contributed by atoms with Crippen LogP contribution in [0.25, 0.3) is 0 Å². The topological polar surface area (TPSA) is 26.0 Å². The lowest BCUT2D eigenvalue weighted by molar-refractivity contribution is 0.611. The Labute approximate surface area is 117 Å². The Morgan fingerprint density at radius 2 is 1.78 bits per heavy atom. The van der Waals surface area contributed by atoms with Gasteiger partial charge in [0, 0.05) is 10.5 Å². The van der Waals surface area contributed by atoms with Crippen molar-refractivity contribution in [3.63, 3.8) is 0 Å². The van der Waals surface area contributed by atoms with Crippen molar-refractivity contribution in [2.45, 2.75) is 25.3 Å². The van der Waals surface area contributed by atoms with Gasteiger partial charge in [-0.1, -0.05) is 58.4 Å². The Hall–Kier alpha value is -1.12. The third-order valence-electron chi connectivity index (χ3n) is 3.10. The van der Waals surface area contributed by atoms with E-state index in [9.17, 15) is 0 Å². The van der Waals surface area contributed by atoms with Crippen LogP contribution in [0.4, 0.5) is 0 Å². The summed E-state index contributed by atoms with van der Waals surface area (Å²) in [5, 5.41) is 0. The van der Waals surface area contributed by atoms with Crippen molar-refractivity contribution in [1.29, 1.82) is 0 Å². The van der Waals surface area contributed by atoms with Crippen LogP contribution in [0.1, 0.15) is 30.0 Å². The first kappa shape index (κ1) is 13.3. The van der Waals surface area contributed by atoms with Gasteiger partial charge < -0.3 is 5.73 Å². The zero-order chi connectivity index (χ0) is 12.8. The maximum atomic E-state index is 6.18. The Morgan fingerprint density at radius 1 is 1.00 bits per heavy atom.